The highest BCUT2D eigenvalue weighted by molar-refractivity contribution is 6.14. The smallest absolute Gasteiger partial charge is 0.338 e. The average molecular weight is 325 g/mol. The summed E-state index contributed by atoms with van der Waals surface area (Å²) in [6, 6.07) is 10.3. The molecule has 24 heavy (non-hydrogen) atoms. The summed E-state index contributed by atoms with van der Waals surface area (Å²) in [5.41, 5.74) is 0.579. The summed E-state index contributed by atoms with van der Waals surface area (Å²) < 4.78 is 0. The summed E-state index contributed by atoms with van der Waals surface area (Å²) in [5.74, 6) is -0.801. The summed E-state index contributed by atoms with van der Waals surface area (Å²) in [5, 5.41) is 9.38. The van der Waals surface area contributed by atoms with Crippen molar-refractivity contribution in [3.63, 3.8) is 0 Å². The van der Waals surface area contributed by atoms with Crippen LogP contribution in [0.4, 0.5) is 5.82 Å². The number of aromatic nitrogens is 1. The molecule has 0 spiro atoms. The zero-order chi connectivity index (χ0) is 17.1. The maximum Gasteiger partial charge on any atom is 0.338 e. The van der Waals surface area contributed by atoms with E-state index in [1.807, 2.05) is 6.07 Å². The number of carboxylic acid groups (broad SMARTS) is 1. The van der Waals surface area contributed by atoms with Crippen molar-refractivity contribution in [2.24, 2.45) is 0 Å². The van der Waals surface area contributed by atoms with Gasteiger partial charge < -0.3 is 14.9 Å². The Morgan fingerprint density at radius 3 is 2.33 bits per heavy atom. The number of anilines is 1. The monoisotopic (exact) mass is 325 g/mol. The minimum Gasteiger partial charge on any atom is -0.478 e. The van der Waals surface area contributed by atoms with E-state index >= 15 is 0 Å². The standard InChI is InChI=1S/C18H19N3O3/c1-20-7-9-21(10-8-20)16-11-14(15(12-19-16)18(23)24)17(22)13-5-3-2-4-6-13/h2-6,11-12H,7-10H2,1H3,(H,23,24). The van der Waals surface area contributed by atoms with Crippen molar-refractivity contribution in [3.05, 3.63) is 59.3 Å². The largest absolute Gasteiger partial charge is 0.478 e. The van der Waals surface area contributed by atoms with Crippen LogP contribution in [0.3, 0.4) is 0 Å². The van der Waals surface area contributed by atoms with Crippen LogP contribution in [-0.2, 0) is 0 Å². The van der Waals surface area contributed by atoms with Gasteiger partial charge in [0.25, 0.3) is 0 Å². The van der Waals surface area contributed by atoms with Crippen molar-refractivity contribution in [3.8, 4) is 0 Å². The van der Waals surface area contributed by atoms with Gasteiger partial charge in [-0.1, -0.05) is 30.3 Å². The maximum atomic E-state index is 12.7. The highest BCUT2D eigenvalue weighted by Gasteiger charge is 2.22. The van der Waals surface area contributed by atoms with Gasteiger partial charge in [0.2, 0.25) is 0 Å². The molecule has 1 aliphatic heterocycles. The van der Waals surface area contributed by atoms with E-state index in [0.717, 1.165) is 26.2 Å². The van der Waals surface area contributed by atoms with E-state index in [9.17, 15) is 14.7 Å². The molecule has 2 heterocycles. The molecule has 1 aliphatic rings. The van der Waals surface area contributed by atoms with Crippen molar-refractivity contribution in [1.82, 2.24) is 9.88 Å². The summed E-state index contributed by atoms with van der Waals surface area (Å²) in [6.45, 7) is 3.42. The fourth-order valence-corrected chi connectivity index (χ4v) is 2.76. The molecule has 3 rings (SSSR count). The number of nitrogens with zero attached hydrogens (tertiary/aromatic N) is 3. The van der Waals surface area contributed by atoms with Crippen LogP contribution >= 0.6 is 0 Å². The lowest BCUT2D eigenvalue weighted by atomic mass is 9.99. The lowest BCUT2D eigenvalue weighted by molar-refractivity contribution is 0.0692. The minimum absolute atomic E-state index is 0.0678. The zero-order valence-corrected chi connectivity index (χ0v) is 13.5. The second kappa shape index (κ2) is 6.80. The van der Waals surface area contributed by atoms with Crippen LogP contribution in [-0.4, -0.2) is 60.0 Å². The van der Waals surface area contributed by atoms with Gasteiger partial charge in [-0.2, -0.15) is 0 Å². The van der Waals surface area contributed by atoms with Gasteiger partial charge >= 0.3 is 5.97 Å². The van der Waals surface area contributed by atoms with Gasteiger partial charge in [-0.25, -0.2) is 9.78 Å². The summed E-state index contributed by atoms with van der Waals surface area (Å²) >= 11 is 0. The Labute approximate surface area is 140 Å². The Morgan fingerprint density at radius 1 is 1.04 bits per heavy atom. The fraction of sp³-hybridized carbons (Fsp3) is 0.278. The number of ketones is 1. The molecule has 6 nitrogen and oxygen atoms in total. The summed E-state index contributed by atoms with van der Waals surface area (Å²) in [7, 11) is 2.06. The summed E-state index contributed by atoms with van der Waals surface area (Å²) in [4.78, 5) is 32.8. The third-order valence-corrected chi connectivity index (χ3v) is 4.23. The predicted octanol–water partition coefficient (Wildman–Crippen LogP) is 1.76. The first kappa shape index (κ1) is 16.1. The van der Waals surface area contributed by atoms with Crippen LogP contribution in [0.25, 0.3) is 0 Å². The molecule has 1 fully saturated rings. The number of hydrogen-bond donors (Lipinski definition) is 1. The molecule has 0 atom stereocenters. The molecular formula is C18H19N3O3. The zero-order valence-electron chi connectivity index (χ0n) is 13.5. The molecule has 0 aliphatic carbocycles. The van der Waals surface area contributed by atoms with E-state index in [0.29, 0.717) is 11.4 Å². The summed E-state index contributed by atoms with van der Waals surface area (Å²) in [6.07, 6.45) is 1.28. The normalized spacial score (nSPS) is 15.3. The van der Waals surface area contributed by atoms with Gasteiger partial charge in [0, 0.05) is 43.5 Å². The quantitative estimate of drug-likeness (QED) is 0.864. The molecule has 0 saturated carbocycles. The number of likely N-dealkylation sites (N-methyl/N-ethyl adjacent to an activating group) is 1. The van der Waals surface area contributed by atoms with E-state index in [4.69, 9.17) is 0 Å². The van der Waals surface area contributed by atoms with Crippen LogP contribution in [0.5, 0.6) is 0 Å². The molecule has 0 bridgehead atoms. The molecule has 0 unspecified atom stereocenters. The van der Waals surface area contributed by atoms with Crippen molar-refractivity contribution < 1.29 is 14.7 Å². The second-order valence-corrected chi connectivity index (χ2v) is 5.88. The van der Waals surface area contributed by atoms with Gasteiger partial charge in [0.05, 0.1) is 5.56 Å². The van der Waals surface area contributed by atoms with Gasteiger partial charge in [-0.15, -0.1) is 0 Å². The predicted molar refractivity (Wildman–Crippen MR) is 90.8 cm³/mol. The lowest BCUT2D eigenvalue weighted by Crippen LogP contribution is -2.44. The van der Waals surface area contributed by atoms with Crippen molar-refractivity contribution in [2.75, 3.05) is 38.1 Å². The number of rotatable bonds is 4. The molecule has 1 aromatic heterocycles. The first-order valence-corrected chi connectivity index (χ1v) is 7.83. The molecule has 6 heteroatoms. The van der Waals surface area contributed by atoms with E-state index in [1.165, 1.54) is 6.20 Å². The Kier molecular flexibility index (Phi) is 4.57. The number of piperazine rings is 1. The van der Waals surface area contributed by atoms with E-state index in [1.54, 1.807) is 30.3 Å². The minimum atomic E-state index is -1.15. The first-order valence-electron chi connectivity index (χ1n) is 7.83. The van der Waals surface area contributed by atoms with Crippen LogP contribution < -0.4 is 4.90 Å². The number of carbonyl (C=O) groups is 2. The van der Waals surface area contributed by atoms with Gasteiger partial charge in [-0.05, 0) is 13.1 Å². The number of aromatic carboxylic acids is 1. The van der Waals surface area contributed by atoms with Crippen LogP contribution in [0.2, 0.25) is 0 Å². The van der Waals surface area contributed by atoms with Crippen molar-refractivity contribution >= 4 is 17.6 Å². The topological polar surface area (TPSA) is 73.7 Å². The maximum absolute atomic E-state index is 12.7. The van der Waals surface area contributed by atoms with Crippen molar-refractivity contribution in [1.29, 1.82) is 0 Å². The number of hydrogen-bond acceptors (Lipinski definition) is 5. The van der Waals surface area contributed by atoms with Crippen LogP contribution in [0.15, 0.2) is 42.6 Å². The second-order valence-electron chi connectivity index (χ2n) is 5.88. The first-order chi connectivity index (χ1) is 11.6. The highest BCUT2D eigenvalue weighted by atomic mass is 16.4. The van der Waals surface area contributed by atoms with E-state index in [-0.39, 0.29) is 16.9 Å². The third-order valence-electron chi connectivity index (χ3n) is 4.23. The molecule has 124 valence electrons. The Balaban J connectivity index is 1.98. The lowest BCUT2D eigenvalue weighted by Gasteiger charge is -2.33. The van der Waals surface area contributed by atoms with Crippen LogP contribution in [0.1, 0.15) is 26.3 Å². The van der Waals surface area contributed by atoms with E-state index < -0.39 is 5.97 Å². The Morgan fingerprint density at radius 2 is 1.71 bits per heavy atom. The number of carboxylic acids is 1. The van der Waals surface area contributed by atoms with E-state index in [2.05, 4.69) is 21.8 Å². The fourth-order valence-electron chi connectivity index (χ4n) is 2.76. The third kappa shape index (κ3) is 3.28. The van der Waals surface area contributed by atoms with Gasteiger partial charge in [0.15, 0.2) is 5.78 Å². The van der Waals surface area contributed by atoms with Gasteiger partial charge in [0.1, 0.15) is 5.82 Å². The molecule has 1 saturated heterocycles. The molecule has 1 aromatic carbocycles. The Hall–Kier alpha value is -2.73. The SMILES string of the molecule is CN1CCN(c2cc(C(=O)c3ccccc3)c(C(=O)O)cn2)CC1. The molecular weight excluding hydrogens is 306 g/mol. The molecule has 0 amide bonds. The van der Waals surface area contributed by atoms with Gasteiger partial charge in [-0.3, -0.25) is 4.79 Å². The molecule has 2 aromatic rings. The highest BCUT2D eigenvalue weighted by Crippen LogP contribution is 2.21. The Bertz CT molecular complexity index is 753. The van der Waals surface area contributed by atoms with Crippen LogP contribution in [0, 0.1) is 0 Å². The number of carbonyl (C=O) groups excluding carboxylic acids is 1. The average Bonchev–Trinajstić information content (AvgIpc) is 2.62. The molecule has 1 N–H and O–H groups in total. The number of pyridine rings is 1. The molecule has 0 radical (unpaired) electrons. The number of benzene rings is 1. The van der Waals surface area contributed by atoms with Crippen molar-refractivity contribution in [2.45, 2.75) is 0 Å².